The molecule has 0 spiro atoms. The molecule has 3 fully saturated rings. The predicted octanol–water partition coefficient (Wildman–Crippen LogP) is 3.44. The van der Waals surface area contributed by atoms with Crippen molar-refractivity contribution in [3.05, 3.63) is 63.9 Å². The molecule has 0 aromatic heterocycles. The summed E-state index contributed by atoms with van der Waals surface area (Å²) >= 11 is 11.9. The van der Waals surface area contributed by atoms with Gasteiger partial charge in [-0.05, 0) is 62.6 Å². The summed E-state index contributed by atoms with van der Waals surface area (Å²) in [6.45, 7) is 3.08. The van der Waals surface area contributed by atoms with E-state index < -0.39 is 51.4 Å². The number of carbonyl (C=O) groups is 3. The molecular weight excluding hydrogens is 594 g/mol. The summed E-state index contributed by atoms with van der Waals surface area (Å²) in [6, 6.07) is 7.44. The molecule has 2 heterocycles. The first-order chi connectivity index (χ1) is 19.4. The Balaban J connectivity index is 1.59. The Kier molecular flexibility index (Phi) is 8.35. The number of piperazine rings is 1. The summed E-state index contributed by atoms with van der Waals surface area (Å²) in [7, 11) is -4.55. The fraction of sp³-hybridized carbons (Fsp3) is 0.464. The largest absolute Gasteiger partial charge is 0.343 e. The van der Waals surface area contributed by atoms with E-state index >= 15 is 4.39 Å². The van der Waals surface area contributed by atoms with E-state index in [9.17, 15) is 22.8 Å². The standard InChI is InChI=1S/C28H31Cl2FN4O5S/c1-16(2)33-15-25-34(41(39,40)24-11-10-20(30)13-21(24)31)14-22(32-26(36)18-4-3-5-18)27(37)35(25)23(28(33)38)12-17-6-8-19(29)9-7-17/h6-11,13,16,18,22-23,25H,3-5,12,14-15H2,1-2H3,(H,32,36). The number of sulfonamides is 1. The molecule has 1 N–H and O–H groups in total. The molecule has 41 heavy (non-hydrogen) atoms. The van der Waals surface area contributed by atoms with Crippen molar-refractivity contribution >= 4 is 50.9 Å². The van der Waals surface area contributed by atoms with Crippen LogP contribution >= 0.6 is 23.2 Å². The van der Waals surface area contributed by atoms with Crippen LogP contribution in [0.3, 0.4) is 0 Å². The lowest BCUT2D eigenvalue weighted by Crippen LogP contribution is -2.76. The summed E-state index contributed by atoms with van der Waals surface area (Å²) < 4.78 is 44.1. The molecule has 2 aliphatic heterocycles. The molecule has 220 valence electrons. The normalized spacial score (nSPS) is 23.9. The average Bonchev–Trinajstić information content (AvgIpc) is 2.86. The van der Waals surface area contributed by atoms with Crippen LogP contribution in [-0.4, -0.2) is 77.6 Å². The monoisotopic (exact) mass is 624 g/mol. The summed E-state index contributed by atoms with van der Waals surface area (Å²) in [5.74, 6) is -2.55. The highest BCUT2D eigenvalue weighted by Gasteiger charge is 2.54. The number of hydrogen-bond donors (Lipinski definition) is 1. The molecule has 3 amide bonds. The molecule has 0 radical (unpaired) electrons. The molecule has 5 rings (SSSR count). The summed E-state index contributed by atoms with van der Waals surface area (Å²) in [5, 5.41) is 3.26. The Labute approximate surface area is 248 Å². The van der Waals surface area contributed by atoms with E-state index in [0.29, 0.717) is 23.4 Å². The van der Waals surface area contributed by atoms with Gasteiger partial charge in [-0.25, -0.2) is 12.8 Å². The van der Waals surface area contributed by atoms with Crippen LogP contribution in [0.15, 0.2) is 47.4 Å². The molecule has 2 aromatic rings. The molecule has 1 saturated carbocycles. The lowest BCUT2D eigenvalue weighted by atomic mass is 9.84. The highest BCUT2D eigenvalue weighted by atomic mass is 35.5. The van der Waals surface area contributed by atoms with Gasteiger partial charge >= 0.3 is 0 Å². The van der Waals surface area contributed by atoms with Gasteiger partial charge in [-0.2, -0.15) is 4.31 Å². The molecule has 2 saturated heterocycles. The SMILES string of the molecule is CC(C)N1CC2N(C(=O)C(NC(=O)C3CCC3)CN2S(=O)(=O)c2ccc(Cl)cc2F)C(Cc2ccc(Cl)cc2)C1=O. The van der Waals surface area contributed by atoms with E-state index in [2.05, 4.69) is 5.32 Å². The van der Waals surface area contributed by atoms with Gasteiger partial charge in [0, 0.05) is 35.0 Å². The van der Waals surface area contributed by atoms with Crippen molar-refractivity contribution in [3.63, 3.8) is 0 Å². The lowest BCUT2D eigenvalue weighted by molar-refractivity contribution is -0.169. The van der Waals surface area contributed by atoms with Gasteiger partial charge in [0.1, 0.15) is 29.0 Å². The van der Waals surface area contributed by atoms with Crippen LogP contribution in [0.4, 0.5) is 4.39 Å². The average molecular weight is 626 g/mol. The molecule has 1 aliphatic carbocycles. The minimum atomic E-state index is -4.55. The summed E-state index contributed by atoms with van der Waals surface area (Å²) in [4.78, 5) is 43.0. The van der Waals surface area contributed by atoms with Gasteiger partial charge in [-0.3, -0.25) is 14.4 Å². The molecule has 13 heteroatoms. The van der Waals surface area contributed by atoms with Gasteiger partial charge in [0.2, 0.25) is 27.7 Å². The van der Waals surface area contributed by atoms with E-state index in [1.807, 2.05) is 0 Å². The molecule has 3 unspecified atom stereocenters. The maximum absolute atomic E-state index is 15.0. The number of halogens is 3. The van der Waals surface area contributed by atoms with Crippen molar-refractivity contribution in [1.82, 2.24) is 19.4 Å². The Morgan fingerprint density at radius 1 is 1.02 bits per heavy atom. The number of amides is 3. The number of carbonyl (C=O) groups excluding carboxylic acids is 3. The molecule has 3 aliphatic rings. The van der Waals surface area contributed by atoms with Crippen LogP contribution in [0.1, 0.15) is 38.7 Å². The molecule has 9 nitrogen and oxygen atoms in total. The van der Waals surface area contributed by atoms with E-state index in [1.165, 1.54) is 15.9 Å². The number of hydrogen-bond acceptors (Lipinski definition) is 5. The second-order valence-corrected chi connectivity index (χ2v) is 13.7. The van der Waals surface area contributed by atoms with Gasteiger partial charge in [0.25, 0.3) is 0 Å². The van der Waals surface area contributed by atoms with E-state index in [4.69, 9.17) is 23.2 Å². The van der Waals surface area contributed by atoms with Gasteiger partial charge in [0.05, 0.1) is 6.54 Å². The first-order valence-electron chi connectivity index (χ1n) is 13.5. The molecule has 0 bridgehead atoms. The number of benzene rings is 2. The minimum Gasteiger partial charge on any atom is -0.343 e. The van der Waals surface area contributed by atoms with Gasteiger partial charge in [-0.1, -0.05) is 41.8 Å². The van der Waals surface area contributed by atoms with Crippen LogP contribution in [0.2, 0.25) is 10.0 Å². The van der Waals surface area contributed by atoms with Crippen LogP contribution < -0.4 is 5.32 Å². The zero-order chi connectivity index (χ0) is 29.6. The van der Waals surface area contributed by atoms with Gasteiger partial charge < -0.3 is 15.1 Å². The zero-order valence-corrected chi connectivity index (χ0v) is 24.9. The van der Waals surface area contributed by atoms with Crippen LogP contribution in [0.25, 0.3) is 0 Å². The molecule has 2 aromatic carbocycles. The minimum absolute atomic E-state index is 0.0276. The third kappa shape index (κ3) is 5.69. The topological polar surface area (TPSA) is 107 Å². The van der Waals surface area contributed by atoms with E-state index in [1.54, 1.807) is 38.1 Å². The Bertz CT molecular complexity index is 1470. The van der Waals surface area contributed by atoms with Gasteiger partial charge in [0.15, 0.2) is 0 Å². The highest BCUT2D eigenvalue weighted by Crippen LogP contribution is 2.34. The fourth-order valence-corrected chi connectivity index (χ4v) is 7.51. The first kappa shape index (κ1) is 29.8. The van der Waals surface area contributed by atoms with Crippen LogP contribution in [-0.2, 0) is 30.8 Å². The van der Waals surface area contributed by atoms with Crippen LogP contribution in [0.5, 0.6) is 0 Å². The van der Waals surface area contributed by atoms with Crippen molar-refractivity contribution in [2.75, 3.05) is 13.1 Å². The Morgan fingerprint density at radius 3 is 2.27 bits per heavy atom. The number of fused-ring (bicyclic) bond motifs is 1. The first-order valence-corrected chi connectivity index (χ1v) is 15.7. The van der Waals surface area contributed by atoms with E-state index in [0.717, 1.165) is 22.9 Å². The maximum Gasteiger partial charge on any atom is 0.248 e. The fourth-order valence-electron chi connectivity index (χ4n) is 5.59. The second kappa shape index (κ2) is 11.5. The van der Waals surface area contributed by atoms with Crippen molar-refractivity contribution < 1.29 is 27.2 Å². The third-order valence-electron chi connectivity index (χ3n) is 8.07. The molecular formula is C28H31Cl2FN4O5S. The highest BCUT2D eigenvalue weighted by molar-refractivity contribution is 7.89. The number of nitrogens with one attached hydrogen (secondary N) is 1. The predicted molar refractivity (Wildman–Crippen MR) is 151 cm³/mol. The number of rotatable bonds is 7. The summed E-state index contributed by atoms with van der Waals surface area (Å²) in [6.07, 6.45) is 1.21. The Morgan fingerprint density at radius 2 is 1.68 bits per heavy atom. The van der Waals surface area contributed by atoms with Crippen LogP contribution in [0, 0.1) is 11.7 Å². The van der Waals surface area contributed by atoms with Crippen molar-refractivity contribution in [3.8, 4) is 0 Å². The lowest BCUT2D eigenvalue weighted by Gasteiger charge is -2.54. The summed E-state index contributed by atoms with van der Waals surface area (Å²) in [5.41, 5.74) is 0.712. The van der Waals surface area contributed by atoms with Crippen molar-refractivity contribution in [2.24, 2.45) is 5.92 Å². The molecule has 3 atom stereocenters. The van der Waals surface area contributed by atoms with Crippen molar-refractivity contribution in [2.45, 2.75) is 68.7 Å². The second-order valence-electron chi connectivity index (χ2n) is 11.0. The maximum atomic E-state index is 15.0. The Hall–Kier alpha value is -2.73. The zero-order valence-electron chi connectivity index (χ0n) is 22.6. The number of nitrogens with zero attached hydrogens (tertiary/aromatic N) is 3. The quantitative estimate of drug-likeness (QED) is 0.508. The van der Waals surface area contributed by atoms with Crippen molar-refractivity contribution in [1.29, 1.82) is 0 Å². The van der Waals surface area contributed by atoms with Gasteiger partial charge in [-0.15, -0.1) is 0 Å². The van der Waals surface area contributed by atoms with E-state index in [-0.39, 0.29) is 41.8 Å². The smallest absolute Gasteiger partial charge is 0.248 e. The third-order valence-corrected chi connectivity index (χ3v) is 10.5.